The van der Waals surface area contributed by atoms with Gasteiger partial charge in [-0.3, -0.25) is 19.7 Å². The highest BCUT2D eigenvalue weighted by molar-refractivity contribution is 6.31. The van der Waals surface area contributed by atoms with Gasteiger partial charge in [0.15, 0.2) is 11.6 Å². The fourth-order valence-corrected chi connectivity index (χ4v) is 7.03. The van der Waals surface area contributed by atoms with Crippen LogP contribution in [-0.2, 0) is 20.7 Å². The van der Waals surface area contributed by atoms with Crippen LogP contribution in [0.5, 0.6) is 17.2 Å². The van der Waals surface area contributed by atoms with Crippen LogP contribution in [0.15, 0.2) is 18.2 Å². The maximum absolute atomic E-state index is 13.8. The lowest BCUT2D eigenvalue weighted by Crippen LogP contribution is -2.50. The Kier molecular flexibility index (Phi) is 6.47. The summed E-state index contributed by atoms with van der Waals surface area (Å²) in [5.74, 6) is -3.87. The lowest BCUT2D eigenvalue weighted by Gasteiger charge is -2.42. The lowest BCUT2D eigenvalue weighted by atomic mass is 9.67. The van der Waals surface area contributed by atoms with Crippen molar-refractivity contribution in [1.29, 1.82) is 0 Å². The van der Waals surface area contributed by atoms with E-state index in [0.717, 1.165) is 0 Å². The molecule has 5 N–H and O–H groups in total. The third-order valence-electron chi connectivity index (χ3n) is 8.84. The number of carbonyl (C=O) groups is 3. The van der Waals surface area contributed by atoms with Gasteiger partial charge in [0.1, 0.15) is 35.6 Å². The second-order valence-corrected chi connectivity index (χ2v) is 11.1. The Balaban J connectivity index is 1.49. The molecule has 6 atom stereocenters. The van der Waals surface area contributed by atoms with Crippen LogP contribution in [0.25, 0.3) is 0 Å². The molecule has 0 amide bonds. The van der Waals surface area contributed by atoms with Gasteiger partial charge in [0.05, 0.1) is 42.7 Å². The molecule has 11 nitrogen and oxygen atoms in total. The minimum Gasteiger partial charge on any atom is -0.507 e. The predicted molar refractivity (Wildman–Crippen MR) is 138 cm³/mol. The van der Waals surface area contributed by atoms with Gasteiger partial charge in [0.25, 0.3) is 0 Å². The molecule has 2 heterocycles. The van der Waals surface area contributed by atoms with Crippen molar-refractivity contribution in [3.63, 3.8) is 0 Å². The van der Waals surface area contributed by atoms with E-state index in [-0.39, 0.29) is 76.3 Å². The number of hydrogen-bond donors (Lipinski definition) is 5. The van der Waals surface area contributed by atoms with Gasteiger partial charge in [-0.1, -0.05) is 12.1 Å². The molecule has 0 unspecified atom stereocenters. The van der Waals surface area contributed by atoms with Crippen molar-refractivity contribution in [2.45, 2.75) is 68.5 Å². The molecule has 0 saturated carbocycles. The van der Waals surface area contributed by atoms with E-state index in [1.807, 2.05) is 6.92 Å². The standard InChI is InChI=1S/C29H31NO10/c1-12-28-17(30-11-39-28)7-14(40-12)6-13-8-29(37,19(32)10-31)9-16-20(13)26(35)23-22(25(16)34)24(33)15-4-3-5-18(38-2)21(15)27(23)36/h3-5,12-14,17,28,30-31,34-35,37H,6-11H2,1-2H3/t12-,13-,14-,17-,28+,29+/m0/s1. The number of hydrogen-bond acceptors (Lipinski definition) is 11. The molecular weight excluding hydrogens is 522 g/mol. The monoisotopic (exact) mass is 553 g/mol. The first-order valence-electron chi connectivity index (χ1n) is 13.3. The second-order valence-electron chi connectivity index (χ2n) is 11.1. The van der Waals surface area contributed by atoms with Crippen LogP contribution >= 0.6 is 0 Å². The highest BCUT2D eigenvalue weighted by Crippen LogP contribution is 2.53. The van der Waals surface area contributed by atoms with Crippen LogP contribution in [0.4, 0.5) is 0 Å². The second kappa shape index (κ2) is 9.64. The maximum atomic E-state index is 13.8. The van der Waals surface area contributed by atoms with Crippen LogP contribution in [0.2, 0.25) is 0 Å². The van der Waals surface area contributed by atoms with Gasteiger partial charge in [-0.25, -0.2) is 0 Å². The average Bonchev–Trinajstić information content (AvgIpc) is 3.41. The van der Waals surface area contributed by atoms with E-state index >= 15 is 0 Å². The number of rotatable bonds is 5. The van der Waals surface area contributed by atoms with Crippen LogP contribution in [0.1, 0.15) is 75.1 Å². The average molecular weight is 554 g/mol. The van der Waals surface area contributed by atoms with Gasteiger partial charge in [-0.05, 0) is 38.2 Å². The number of aromatic hydroxyl groups is 2. The third-order valence-corrected chi connectivity index (χ3v) is 8.84. The summed E-state index contributed by atoms with van der Waals surface area (Å²) < 4.78 is 17.2. The van der Waals surface area contributed by atoms with E-state index in [2.05, 4.69) is 5.32 Å². The summed E-state index contributed by atoms with van der Waals surface area (Å²) in [6, 6.07) is 4.53. The number of benzene rings is 2. The molecule has 40 heavy (non-hydrogen) atoms. The molecule has 2 aliphatic heterocycles. The number of carbonyl (C=O) groups excluding carboxylic acids is 3. The summed E-state index contributed by atoms with van der Waals surface area (Å²) >= 11 is 0. The van der Waals surface area contributed by atoms with Gasteiger partial charge in [0.2, 0.25) is 5.78 Å². The highest BCUT2D eigenvalue weighted by atomic mass is 16.6. The Bertz CT molecular complexity index is 1440. The number of ether oxygens (including phenoxy) is 3. The van der Waals surface area contributed by atoms with E-state index < -0.39 is 53.4 Å². The summed E-state index contributed by atoms with van der Waals surface area (Å²) in [6.45, 7) is 1.36. The minimum absolute atomic E-state index is 0.00554. The fourth-order valence-electron chi connectivity index (χ4n) is 7.03. The van der Waals surface area contributed by atoms with Crippen LogP contribution in [0.3, 0.4) is 0 Å². The molecule has 11 heteroatoms. The Hall–Kier alpha value is -3.35. The van der Waals surface area contributed by atoms with Crippen molar-refractivity contribution in [3.8, 4) is 17.2 Å². The van der Waals surface area contributed by atoms with Gasteiger partial charge >= 0.3 is 0 Å². The number of Topliss-reactive ketones (excluding diaryl/α,β-unsaturated/α-hetero) is 1. The molecule has 4 aliphatic rings. The molecule has 0 aromatic heterocycles. The molecule has 2 saturated heterocycles. The van der Waals surface area contributed by atoms with Crippen molar-refractivity contribution in [2.24, 2.45) is 0 Å². The highest BCUT2D eigenvalue weighted by Gasteiger charge is 2.50. The number of methoxy groups -OCH3 is 1. The van der Waals surface area contributed by atoms with Crippen molar-refractivity contribution < 1.29 is 49.0 Å². The minimum atomic E-state index is -2.06. The number of ketones is 3. The summed E-state index contributed by atoms with van der Waals surface area (Å²) in [4.78, 5) is 40.1. The number of aliphatic hydroxyl groups is 2. The first kappa shape index (κ1) is 26.9. The molecule has 2 aromatic carbocycles. The van der Waals surface area contributed by atoms with Crippen LogP contribution in [0, 0.1) is 0 Å². The zero-order valence-electron chi connectivity index (χ0n) is 22.1. The smallest absolute Gasteiger partial charge is 0.202 e. The molecular formula is C29H31NO10. The Morgan fingerprint density at radius 3 is 2.62 bits per heavy atom. The van der Waals surface area contributed by atoms with Gasteiger partial charge in [0, 0.05) is 29.2 Å². The Morgan fingerprint density at radius 1 is 1.15 bits per heavy atom. The summed E-state index contributed by atoms with van der Waals surface area (Å²) in [5, 5.41) is 47.4. The van der Waals surface area contributed by atoms with Crippen molar-refractivity contribution in [2.75, 3.05) is 20.4 Å². The van der Waals surface area contributed by atoms with E-state index in [0.29, 0.717) is 13.2 Å². The van der Waals surface area contributed by atoms with Gasteiger partial charge in [-0.2, -0.15) is 0 Å². The zero-order chi connectivity index (χ0) is 28.5. The molecule has 0 bridgehead atoms. The Morgan fingerprint density at radius 2 is 1.90 bits per heavy atom. The van der Waals surface area contributed by atoms with Crippen LogP contribution in [-0.4, -0.2) is 88.2 Å². The largest absolute Gasteiger partial charge is 0.507 e. The number of aliphatic hydroxyl groups excluding tert-OH is 1. The normalized spacial score (nSPS) is 30.8. The summed E-state index contributed by atoms with van der Waals surface area (Å²) in [5.41, 5.74) is -2.63. The maximum Gasteiger partial charge on any atom is 0.202 e. The van der Waals surface area contributed by atoms with E-state index in [1.54, 1.807) is 0 Å². The molecule has 2 aliphatic carbocycles. The quantitative estimate of drug-likeness (QED) is 0.286. The molecule has 0 spiro atoms. The number of phenols is 2. The topological polar surface area (TPSA) is 172 Å². The molecule has 2 aromatic rings. The van der Waals surface area contributed by atoms with Crippen molar-refractivity contribution >= 4 is 17.3 Å². The number of fused-ring (bicyclic) bond motifs is 4. The SMILES string of the molecule is COc1cccc2c1C(=O)c1c(O)c3c(c(O)c1C2=O)C[C@@](O)(C(=O)CO)C[C@@H]3C[C@H]1C[C@@H]2NCO[C@@H]2[C@H](C)O1. The molecule has 2 fully saturated rings. The van der Waals surface area contributed by atoms with E-state index in [4.69, 9.17) is 14.2 Å². The lowest BCUT2D eigenvalue weighted by molar-refractivity contribution is -0.143. The number of nitrogens with one attached hydrogen (secondary N) is 1. The van der Waals surface area contributed by atoms with Crippen molar-refractivity contribution in [3.05, 3.63) is 51.6 Å². The predicted octanol–water partition coefficient (Wildman–Crippen LogP) is 1.09. The van der Waals surface area contributed by atoms with Crippen molar-refractivity contribution in [1.82, 2.24) is 5.32 Å². The Labute approximate surface area is 229 Å². The summed E-state index contributed by atoms with van der Waals surface area (Å²) in [6.07, 6.45) is -0.562. The first-order chi connectivity index (χ1) is 19.1. The molecule has 212 valence electrons. The van der Waals surface area contributed by atoms with Gasteiger partial charge in [-0.15, -0.1) is 0 Å². The molecule has 0 radical (unpaired) electrons. The number of phenolic OH excluding ortho intramolecular Hbond substituents is 2. The fraction of sp³-hybridized carbons (Fsp3) is 0.483. The third kappa shape index (κ3) is 3.87. The zero-order valence-corrected chi connectivity index (χ0v) is 22.1. The van der Waals surface area contributed by atoms with E-state index in [9.17, 15) is 34.8 Å². The summed E-state index contributed by atoms with van der Waals surface area (Å²) in [7, 11) is 1.36. The molecule has 6 rings (SSSR count). The van der Waals surface area contributed by atoms with E-state index in [1.165, 1.54) is 25.3 Å². The van der Waals surface area contributed by atoms with Gasteiger partial charge < -0.3 is 34.6 Å². The van der Waals surface area contributed by atoms with Crippen LogP contribution < -0.4 is 10.1 Å². The first-order valence-corrected chi connectivity index (χ1v) is 13.3.